The van der Waals surface area contributed by atoms with E-state index in [-0.39, 0.29) is 0 Å². The maximum atomic E-state index is 4.85. The fourth-order valence-electron chi connectivity index (χ4n) is 4.60. The molecule has 1 aromatic carbocycles. The van der Waals surface area contributed by atoms with Gasteiger partial charge in [0.05, 0.1) is 13.1 Å². The second-order valence-electron chi connectivity index (χ2n) is 8.69. The summed E-state index contributed by atoms with van der Waals surface area (Å²) in [4.78, 5) is 11.4. The van der Waals surface area contributed by atoms with E-state index in [1.165, 1.54) is 48.8 Å². The first-order valence-electron chi connectivity index (χ1n) is 10.7. The summed E-state index contributed by atoms with van der Waals surface area (Å²) in [6.07, 6.45) is 4.21. The van der Waals surface area contributed by atoms with Crippen LogP contribution in [0.25, 0.3) is 0 Å². The molecule has 2 atom stereocenters. The van der Waals surface area contributed by atoms with Crippen LogP contribution < -0.4 is 0 Å². The van der Waals surface area contributed by atoms with Crippen LogP contribution in [0.15, 0.2) is 34.2 Å². The summed E-state index contributed by atoms with van der Waals surface area (Å²) < 4.78 is 2.40. The Balaban J connectivity index is 1.32. The average Bonchev–Trinajstić information content (AvgIpc) is 3.31. The fraction of sp³-hybridized carbons (Fsp3) is 0.682. The molecule has 4 nitrogen and oxygen atoms in total. The van der Waals surface area contributed by atoms with Gasteiger partial charge in [-0.25, -0.2) is 0 Å². The Kier molecular flexibility index (Phi) is 5.98. The fourth-order valence-corrected chi connectivity index (χ4v) is 5.54. The van der Waals surface area contributed by atoms with Gasteiger partial charge in [0.25, 0.3) is 0 Å². The van der Waals surface area contributed by atoms with Gasteiger partial charge < -0.3 is 4.90 Å². The summed E-state index contributed by atoms with van der Waals surface area (Å²) in [5, 5.41) is 0. The number of nitrogens with zero attached hydrogens (tertiary/aromatic N) is 4. The third-order valence-corrected chi connectivity index (χ3v) is 7.37. The third-order valence-electron chi connectivity index (χ3n) is 6.32. The zero-order valence-electron chi connectivity index (χ0n) is 17.1. The van der Waals surface area contributed by atoms with Crippen molar-refractivity contribution in [2.75, 3.05) is 39.3 Å². The molecular formula is C22H34N4S. The first kappa shape index (κ1) is 19.1. The van der Waals surface area contributed by atoms with Gasteiger partial charge in [-0.15, -0.1) is 0 Å². The zero-order valence-corrected chi connectivity index (χ0v) is 17.9. The van der Waals surface area contributed by atoms with Crippen molar-refractivity contribution in [3.05, 3.63) is 29.8 Å². The number of hydrogen-bond donors (Lipinski definition) is 0. The second-order valence-corrected chi connectivity index (χ2v) is 9.79. The van der Waals surface area contributed by atoms with Crippen molar-refractivity contribution < 1.29 is 0 Å². The molecule has 3 aliphatic rings. The Morgan fingerprint density at radius 2 is 1.74 bits per heavy atom. The van der Waals surface area contributed by atoms with Crippen molar-refractivity contribution >= 4 is 17.9 Å². The molecule has 0 bridgehead atoms. The van der Waals surface area contributed by atoms with Gasteiger partial charge in [0.1, 0.15) is 0 Å². The number of guanidine groups is 1. The maximum Gasteiger partial charge on any atom is 0.207 e. The van der Waals surface area contributed by atoms with Gasteiger partial charge in [-0.05, 0) is 60.7 Å². The van der Waals surface area contributed by atoms with Crippen molar-refractivity contribution in [2.24, 2.45) is 10.9 Å². The van der Waals surface area contributed by atoms with Crippen LogP contribution >= 0.6 is 11.9 Å². The zero-order chi connectivity index (χ0) is 18.8. The molecule has 0 amide bonds. The minimum atomic E-state index is 0.590. The molecule has 2 aliphatic heterocycles. The molecule has 0 radical (unpaired) electrons. The molecule has 0 aromatic heterocycles. The lowest BCUT2D eigenvalue weighted by Crippen LogP contribution is -2.53. The highest BCUT2D eigenvalue weighted by Crippen LogP contribution is 2.31. The largest absolute Gasteiger partial charge is 0.340 e. The van der Waals surface area contributed by atoms with Crippen LogP contribution in [0.3, 0.4) is 0 Å². The highest BCUT2D eigenvalue weighted by molar-refractivity contribution is 7.97. The molecule has 5 heteroatoms. The summed E-state index contributed by atoms with van der Waals surface area (Å²) in [6, 6.07) is 9.88. The third kappa shape index (κ3) is 4.45. The van der Waals surface area contributed by atoms with E-state index in [1.54, 1.807) is 0 Å². The molecule has 0 N–H and O–H groups in total. The highest BCUT2D eigenvalue weighted by Gasteiger charge is 2.32. The monoisotopic (exact) mass is 386 g/mol. The van der Waals surface area contributed by atoms with E-state index < -0.39 is 0 Å². The Bertz CT molecular complexity index is 649. The summed E-state index contributed by atoms with van der Waals surface area (Å²) in [5.74, 6) is 2.71. The lowest BCUT2D eigenvalue weighted by atomic mass is 10.0. The van der Waals surface area contributed by atoms with Crippen molar-refractivity contribution in [3.8, 4) is 0 Å². The van der Waals surface area contributed by atoms with Gasteiger partial charge >= 0.3 is 0 Å². The Morgan fingerprint density at radius 1 is 1.00 bits per heavy atom. The minimum absolute atomic E-state index is 0.590. The lowest BCUT2D eigenvalue weighted by Gasteiger charge is -2.40. The molecule has 1 saturated carbocycles. The normalized spacial score (nSPS) is 26.9. The van der Waals surface area contributed by atoms with Gasteiger partial charge in [-0.3, -0.25) is 14.2 Å². The SMILES string of the molecule is CC1CCC(N2CCN(C3=NCCN3Sc3ccc(C(C)C)cc3)CC2)C1. The van der Waals surface area contributed by atoms with Crippen molar-refractivity contribution in [3.63, 3.8) is 0 Å². The van der Waals surface area contributed by atoms with Crippen molar-refractivity contribution in [1.82, 2.24) is 14.1 Å². The molecule has 2 fully saturated rings. The van der Waals surface area contributed by atoms with Crippen LogP contribution in [-0.2, 0) is 0 Å². The van der Waals surface area contributed by atoms with E-state index in [4.69, 9.17) is 4.99 Å². The molecule has 1 saturated heterocycles. The van der Waals surface area contributed by atoms with Crippen molar-refractivity contribution in [1.29, 1.82) is 0 Å². The number of piperazine rings is 1. The van der Waals surface area contributed by atoms with Gasteiger partial charge in [0, 0.05) is 37.1 Å². The van der Waals surface area contributed by atoms with Crippen LogP contribution in [-0.4, -0.2) is 65.4 Å². The molecule has 148 valence electrons. The average molecular weight is 387 g/mol. The number of aliphatic imine (C=N–C) groups is 1. The molecule has 1 aromatic rings. The van der Waals surface area contributed by atoms with E-state index in [0.29, 0.717) is 5.92 Å². The topological polar surface area (TPSA) is 22.1 Å². The number of hydrogen-bond acceptors (Lipinski definition) is 5. The van der Waals surface area contributed by atoms with Gasteiger partial charge in [-0.1, -0.05) is 32.9 Å². The Labute approximate surface area is 169 Å². The van der Waals surface area contributed by atoms with Crippen LogP contribution in [0, 0.1) is 5.92 Å². The van der Waals surface area contributed by atoms with E-state index in [2.05, 4.69) is 59.1 Å². The molecule has 2 heterocycles. The summed E-state index contributed by atoms with van der Waals surface area (Å²) >= 11 is 1.85. The molecule has 27 heavy (non-hydrogen) atoms. The molecular weight excluding hydrogens is 352 g/mol. The van der Waals surface area contributed by atoms with Crippen LogP contribution in [0.5, 0.6) is 0 Å². The molecule has 4 rings (SSSR count). The van der Waals surface area contributed by atoms with E-state index in [1.807, 2.05) is 11.9 Å². The summed E-state index contributed by atoms with van der Waals surface area (Å²) in [7, 11) is 0. The van der Waals surface area contributed by atoms with E-state index >= 15 is 0 Å². The van der Waals surface area contributed by atoms with Gasteiger partial charge in [-0.2, -0.15) is 0 Å². The van der Waals surface area contributed by atoms with E-state index in [0.717, 1.165) is 38.1 Å². The highest BCUT2D eigenvalue weighted by atomic mass is 32.2. The summed E-state index contributed by atoms with van der Waals surface area (Å²) in [5.41, 5.74) is 1.41. The minimum Gasteiger partial charge on any atom is -0.340 e. The van der Waals surface area contributed by atoms with E-state index in [9.17, 15) is 0 Å². The Hall–Kier alpha value is -1.20. The number of rotatable bonds is 4. The first-order chi connectivity index (χ1) is 13.1. The first-order valence-corrected chi connectivity index (χ1v) is 11.5. The second kappa shape index (κ2) is 8.44. The predicted octanol–water partition coefficient (Wildman–Crippen LogP) is 4.29. The standard InChI is InChI=1S/C22H34N4S/c1-17(2)19-5-8-21(9-6-19)27-26-11-10-23-22(26)25-14-12-24(13-15-25)20-7-4-18(3)16-20/h5-6,8-9,17-18,20H,4,7,10-16H2,1-3H3. The predicted molar refractivity (Wildman–Crippen MR) is 115 cm³/mol. The smallest absolute Gasteiger partial charge is 0.207 e. The van der Waals surface area contributed by atoms with Crippen LogP contribution in [0.4, 0.5) is 0 Å². The number of benzene rings is 1. The van der Waals surface area contributed by atoms with Gasteiger partial charge in [0.15, 0.2) is 0 Å². The van der Waals surface area contributed by atoms with Crippen molar-refractivity contribution in [2.45, 2.75) is 56.9 Å². The molecule has 1 aliphatic carbocycles. The quantitative estimate of drug-likeness (QED) is 0.720. The lowest BCUT2D eigenvalue weighted by molar-refractivity contribution is 0.129. The van der Waals surface area contributed by atoms with Crippen LogP contribution in [0.2, 0.25) is 0 Å². The summed E-state index contributed by atoms with van der Waals surface area (Å²) in [6.45, 7) is 13.5. The molecule has 0 spiro atoms. The molecule has 2 unspecified atom stereocenters. The maximum absolute atomic E-state index is 4.85. The van der Waals surface area contributed by atoms with Gasteiger partial charge in [0.2, 0.25) is 5.96 Å². The Morgan fingerprint density at radius 3 is 2.37 bits per heavy atom. The van der Waals surface area contributed by atoms with Crippen LogP contribution in [0.1, 0.15) is 51.5 Å².